The fraction of sp³-hybridized carbons (Fsp3) is 0.353. The van der Waals surface area contributed by atoms with E-state index in [4.69, 9.17) is 4.74 Å². The Morgan fingerprint density at radius 2 is 2.09 bits per heavy atom. The van der Waals surface area contributed by atoms with Gasteiger partial charge in [-0.05, 0) is 25.5 Å². The monoisotopic (exact) mass is 311 g/mol. The van der Waals surface area contributed by atoms with Gasteiger partial charge in [0.05, 0.1) is 23.9 Å². The largest absolute Gasteiger partial charge is 0.481 e. The average molecular weight is 311 g/mol. The molecular weight excluding hydrogens is 290 g/mol. The number of anilines is 1. The molecule has 1 aromatic carbocycles. The number of rotatable bonds is 5. The Bertz CT molecular complexity index is 840. The Balaban J connectivity index is 1.94. The Morgan fingerprint density at radius 3 is 2.83 bits per heavy atom. The third kappa shape index (κ3) is 2.84. The highest BCUT2D eigenvalue weighted by molar-refractivity contribution is 5.89. The molecule has 0 saturated carbocycles. The Morgan fingerprint density at radius 1 is 1.26 bits per heavy atom. The SMILES string of the molecule is CCc1nn(C)c(OC)c1CNc1ncnc2ccc(C)cc12. The molecule has 1 N–H and O–H groups in total. The normalized spacial score (nSPS) is 11.0. The van der Waals surface area contributed by atoms with Gasteiger partial charge in [0.15, 0.2) is 0 Å². The highest BCUT2D eigenvalue weighted by atomic mass is 16.5. The molecule has 6 heteroatoms. The van der Waals surface area contributed by atoms with Crippen LogP contribution in [0.5, 0.6) is 5.88 Å². The van der Waals surface area contributed by atoms with Crippen LogP contribution in [0, 0.1) is 6.92 Å². The molecule has 0 bridgehead atoms. The second-order valence-electron chi connectivity index (χ2n) is 5.51. The second-order valence-corrected chi connectivity index (χ2v) is 5.51. The van der Waals surface area contributed by atoms with Crippen LogP contribution in [0.1, 0.15) is 23.7 Å². The predicted molar refractivity (Wildman–Crippen MR) is 90.7 cm³/mol. The quantitative estimate of drug-likeness (QED) is 0.785. The third-order valence-corrected chi connectivity index (χ3v) is 3.92. The molecule has 0 unspecified atom stereocenters. The average Bonchev–Trinajstić information content (AvgIpc) is 2.87. The smallest absolute Gasteiger partial charge is 0.216 e. The number of ether oxygens (including phenoxy) is 1. The number of methoxy groups -OCH3 is 1. The maximum absolute atomic E-state index is 5.48. The van der Waals surface area contributed by atoms with Crippen LogP contribution in [0.3, 0.4) is 0 Å². The number of hydrogen-bond donors (Lipinski definition) is 1. The van der Waals surface area contributed by atoms with Gasteiger partial charge >= 0.3 is 0 Å². The zero-order valence-electron chi connectivity index (χ0n) is 13.9. The molecule has 3 rings (SSSR count). The molecule has 3 aromatic rings. The summed E-state index contributed by atoms with van der Waals surface area (Å²) in [4.78, 5) is 8.71. The fourth-order valence-corrected chi connectivity index (χ4v) is 2.81. The van der Waals surface area contributed by atoms with E-state index >= 15 is 0 Å². The lowest BCUT2D eigenvalue weighted by molar-refractivity contribution is 0.370. The zero-order valence-corrected chi connectivity index (χ0v) is 13.9. The van der Waals surface area contributed by atoms with Crippen molar-refractivity contribution in [3.05, 3.63) is 41.3 Å². The van der Waals surface area contributed by atoms with Crippen LogP contribution in [-0.2, 0) is 20.0 Å². The van der Waals surface area contributed by atoms with Crippen LogP contribution < -0.4 is 10.1 Å². The summed E-state index contributed by atoms with van der Waals surface area (Å²) < 4.78 is 7.26. The van der Waals surface area contributed by atoms with Gasteiger partial charge in [0.1, 0.15) is 12.1 Å². The second kappa shape index (κ2) is 6.24. The number of aromatic nitrogens is 4. The predicted octanol–water partition coefficient (Wildman–Crippen LogP) is 2.85. The molecular formula is C17H21N5O. The molecule has 0 aliphatic rings. The van der Waals surface area contributed by atoms with Gasteiger partial charge in [0.2, 0.25) is 5.88 Å². The Hall–Kier alpha value is -2.63. The fourth-order valence-electron chi connectivity index (χ4n) is 2.81. The van der Waals surface area contributed by atoms with Gasteiger partial charge in [-0.1, -0.05) is 18.6 Å². The van der Waals surface area contributed by atoms with Crippen LogP contribution >= 0.6 is 0 Å². The summed E-state index contributed by atoms with van der Waals surface area (Å²) in [6.07, 6.45) is 2.44. The molecule has 0 aliphatic carbocycles. The first-order valence-corrected chi connectivity index (χ1v) is 7.68. The van der Waals surface area contributed by atoms with E-state index in [9.17, 15) is 0 Å². The van der Waals surface area contributed by atoms with Crippen LogP contribution in [0.15, 0.2) is 24.5 Å². The van der Waals surface area contributed by atoms with Crippen LogP contribution in [0.2, 0.25) is 0 Å². The van der Waals surface area contributed by atoms with Crippen molar-refractivity contribution in [2.75, 3.05) is 12.4 Å². The van der Waals surface area contributed by atoms with Crippen molar-refractivity contribution in [2.45, 2.75) is 26.8 Å². The topological polar surface area (TPSA) is 64.9 Å². The molecule has 0 radical (unpaired) electrons. The molecule has 6 nitrogen and oxygen atoms in total. The van der Waals surface area contributed by atoms with Crippen molar-refractivity contribution in [3.63, 3.8) is 0 Å². The van der Waals surface area contributed by atoms with E-state index in [1.165, 1.54) is 5.56 Å². The molecule has 0 saturated heterocycles. The van der Waals surface area contributed by atoms with Crippen LogP contribution in [0.25, 0.3) is 10.9 Å². The van der Waals surface area contributed by atoms with E-state index in [1.54, 1.807) is 18.1 Å². The number of aryl methyl sites for hydroxylation is 3. The molecule has 2 aromatic heterocycles. The molecule has 120 valence electrons. The van der Waals surface area contributed by atoms with Gasteiger partial charge in [-0.3, -0.25) is 0 Å². The highest BCUT2D eigenvalue weighted by Gasteiger charge is 2.16. The van der Waals surface area contributed by atoms with E-state index in [0.29, 0.717) is 6.54 Å². The number of nitrogens with zero attached hydrogens (tertiary/aromatic N) is 4. The van der Waals surface area contributed by atoms with E-state index in [0.717, 1.165) is 40.3 Å². The zero-order chi connectivity index (χ0) is 16.4. The lowest BCUT2D eigenvalue weighted by Gasteiger charge is -2.10. The van der Waals surface area contributed by atoms with Crippen molar-refractivity contribution in [1.29, 1.82) is 0 Å². The molecule has 2 heterocycles. The molecule has 0 spiro atoms. The molecule has 0 fully saturated rings. The highest BCUT2D eigenvalue weighted by Crippen LogP contribution is 2.25. The first kappa shape index (κ1) is 15.3. The minimum Gasteiger partial charge on any atom is -0.481 e. The Kier molecular flexibility index (Phi) is 4.14. The minimum atomic E-state index is 0.611. The van der Waals surface area contributed by atoms with E-state index < -0.39 is 0 Å². The summed E-state index contributed by atoms with van der Waals surface area (Å²) in [6, 6.07) is 6.16. The molecule has 0 amide bonds. The number of nitrogens with one attached hydrogen (secondary N) is 1. The third-order valence-electron chi connectivity index (χ3n) is 3.92. The van der Waals surface area contributed by atoms with Crippen molar-refractivity contribution in [3.8, 4) is 5.88 Å². The van der Waals surface area contributed by atoms with Crippen molar-refractivity contribution >= 4 is 16.7 Å². The number of fused-ring (bicyclic) bond motifs is 1. The first-order chi connectivity index (χ1) is 11.1. The standard InChI is InChI=1S/C17H21N5O/c1-5-14-13(17(23-4)22(3)21-14)9-18-16-12-8-11(2)6-7-15(12)19-10-20-16/h6-8,10H,5,9H2,1-4H3,(H,18,19,20). The lowest BCUT2D eigenvalue weighted by Crippen LogP contribution is -2.05. The van der Waals surface area contributed by atoms with Gasteiger partial charge in [-0.2, -0.15) is 5.10 Å². The van der Waals surface area contributed by atoms with E-state index in [2.05, 4.69) is 46.4 Å². The molecule has 23 heavy (non-hydrogen) atoms. The van der Waals surface area contributed by atoms with Gasteiger partial charge in [0, 0.05) is 19.0 Å². The van der Waals surface area contributed by atoms with Gasteiger partial charge in [-0.15, -0.1) is 0 Å². The summed E-state index contributed by atoms with van der Waals surface area (Å²) in [5.41, 5.74) is 4.22. The summed E-state index contributed by atoms with van der Waals surface area (Å²) >= 11 is 0. The van der Waals surface area contributed by atoms with Crippen LogP contribution in [0.4, 0.5) is 5.82 Å². The van der Waals surface area contributed by atoms with E-state index in [1.807, 2.05) is 13.1 Å². The summed E-state index contributed by atoms with van der Waals surface area (Å²) in [5.74, 6) is 1.61. The summed E-state index contributed by atoms with van der Waals surface area (Å²) in [5, 5.41) is 8.94. The maximum Gasteiger partial charge on any atom is 0.216 e. The minimum absolute atomic E-state index is 0.611. The van der Waals surface area contributed by atoms with Gasteiger partial charge in [0.25, 0.3) is 0 Å². The molecule has 0 atom stereocenters. The van der Waals surface area contributed by atoms with Crippen LogP contribution in [-0.4, -0.2) is 26.9 Å². The molecule has 0 aliphatic heterocycles. The lowest BCUT2D eigenvalue weighted by atomic mass is 10.1. The first-order valence-electron chi connectivity index (χ1n) is 7.68. The number of benzene rings is 1. The van der Waals surface area contributed by atoms with Gasteiger partial charge in [-0.25, -0.2) is 14.6 Å². The van der Waals surface area contributed by atoms with Crippen molar-refractivity contribution in [1.82, 2.24) is 19.7 Å². The van der Waals surface area contributed by atoms with Crippen molar-refractivity contribution in [2.24, 2.45) is 7.05 Å². The maximum atomic E-state index is 5.48. The summed E-state index contributed by atoms with van der Waals surface area (Å²) in [6.45, 7) is 4.77. The summed E-state index contributed by atoms with van der Waals surface area (Å²) in [7, 11) is 3.56. The van der Waals surface area contributed by atoms with Crippen molar-refractivity contribution < 1.29 is 4.74 Å². The number of hydrogen-bond acceptors (Lipinski definition) is 5. The Labute approximate surface area is 135 Å². The van der Waals surface area contributed by atoms with E-state index in [-0.39, 0.29) is 0 Å². The van der Waals surface area contributed by atoms with Gasteiger partial charge < -0.3 is 10.1 Å².